The first-order chi connectivity index (χ1) is 48.6. The van der Waals surface area contributed by atoms with Gasteiger partial charge in [0.2, 0.25) is 0 Å². The maximum atomic E-state index is 13.0. The van der Waals surface area contributed by atoms with E-state index in [0.717, 1.165) is 148 Å². The van der Waals surface area contributed by atoms with Crippen LogP contribution in [-0.2, 0) is 33.3 Å². The molecule has 0 amide bonds. The molecule has 1 N–H and O–H groups in total. The lowest BCUT2D eigenvalue weighted by molar-refractivity contribution is -0.870. The van der Waals surface area contributed by atoms with Gasteiger partial charge in [-0.25, -0.2) is 4.79 Å². The zero-order valence-electron chi connectivity index (χ0n) is 63.8. The van der Waals surface area contributed by atoms with Crippen LogP contribution < -0.4 is 0 Å². The number of allylic oxidation sites excluding steroid dienone is 32. The first-order valence-corrected chi connectivity index (χ1v) is 39.6. The van der Waals surface area contributed by atoms with Crippen molar-refractivity contribution in [2.45, 2.75) is 309 Å². The van der Waals surface area contributed by atoms with E-state index in [1.54, 1.807) is 0 Å². The predicted octanol–water partition coefficient (Wildman–Crippen LogP) is 25.7. The lowest BCUT2D eigenvalue weighted by Crippen LogP contribution is -2.40. The van der Waals surface area contributed by atoms with Crippen LogP contribution in [0.15, 0.2) is 194 Å². The third-order valence-electron chi connectivity index (χ3n) is 16.3. The van der Waals surface area contributed by atoms with Gasteiger partial charge in [-0.15, -0.1) is 0 Å². The number of hydrogen-bond donors (Lipinski definition) is 1. The number of quaternary nitrogens is 1. The number of rotatable bonds is 71. The molecule has 0 spiro atoms. The largest absolute Gasteiger partial charge is 0.477 e. The Morgan fingerprint density at radius 3 is 0.808 bits per heavy atom. The van der Waals surface area contributed by atoms with Gasteiger partial charge in [-0.3, -0.25) is 9.59 Å². The minimum absolute atomic E-state index is 0.174. The van der Waals surface area contributed by atoms with Crippen LogP contribution in [-0.4, -0.2) is 87.4 Å². The molecule has 0 aromatic carbocycles. The lowest BCUT2D eigenvalue weighted by atomic mass is 10.0. The van der Waals surface area contributed by atoms with Crippen LogP contribution >= 0.6 is 0 Å². The summed E-state index contributed by atoms with van der Waals surface area (Å²) in [5.41, 5.74) is 0. The molecular formula is C90H146NO8+. The fourth-order valence-electron chi connectivity index (χ4n) is 10.4. The Hall–Kier alpha value is -5.87. The zero-order chi connectivity index (χ0) is 71.8. The first-order valence-electron chi connectivity index (χ1n) is 39.6. The van der Waals surface area contributed by atoms with Gasteiger partial charge in [0, 0.05) is 12.8 Å². The molecule has 0 heterocycles. The van der Waals surface area contributed by atoms with Gasteiger partial charge in [-0.2, -0.15) is 0 Å². The molecule has 0 bridgehead atoms. The van der Waals surface area contributed by atoms with Gasteiger partial charge in [-0.1, -0.05) is 337 Å². The highest BCUT2D eigenvalue weighted by molar-refractivity contribution is 5.71. The molecular weight excluding hydrogens is 1220 g/mol. The van der Waals surface area contributed by atoms with Crippen LogP contribution in [0.2, 0.25) is 0 Å². The molecule has 9 heteroatoms. The minimum Gasteiger partial charge on any atom is -0.477 e. The second-order valence-corrected chi connectivity index (χ2v) is 26.9. The Kier molecular flexibility index (Phi) is 73.2. The molecule has 0 aliphatic heterocycles. The molecule has 0 aromatic rings. The number of hydrogen-bond acceptors (Lipinski definition) is 7. The quantitative estimate of drug-likeness (QED) is 0.0211. The van der Waals surface area contributed by atoms with Gasteiger partial charge in [0.15, 0.2) is 6.10 Å². The maximum absolute atomic E-state index is 13.0. The Morgan fingerprint density at radius 2 is 0.545 bits per heavy atom. The number of carboxylic acids is 1. The number of aliphatic carboxylic acids is 1. The smallest absolute Gasteiger partial charge is 0.361 e. The number of likely N-dealkylation sites (N-methyl/N-ethyl adjacent to an activating group) is 1. The SMILES string of the molecule is CC/C=C\C/C=C\C/C=C\C/C=C\C/C=C\C/C=C\C/C=C\C/C=C\C/C=C\C/C=C\CCCCCCC(=O)OC(COC(=O)CCCCCCCCCCCCCCCCCCCCCC/C=C\C/C=C\C/C=C\C/C=C\C/C=C\C/C=C\CC)COC(OCC[N+](C)(C)C)C(=O)O. The van der Waals surface area contributed by atoms with Crippen molar-refractivity contribution in [1.29, 1.82) is 0 Å². The normalized spacial score (nSPS) is 13.7. The number of carbonyl (C=O) groups excluding carboxylic acids is 2. The Morgan fingerprint density at radius 1 is 0.303 bits per heavy atom. The highest BCUT2D eigenvalue weighted by Crippen LogP contribution is 2.17. The van der Waals surface area contributed by atoms with Crippen molar-refractivity contribution < 1.29 is 42.9 Å². The van der Waals surface area contributed by atoms with Gasteiger partial charge in [0.25, 0.3) is 6.29 Å². The summed E-state index contributed by atoms with van der Waals surface area (Å²) >= 11 is 0. The van der Waals surface area contributed by atoms with Crippen molar-refractivity contribution in [3.8, 4) is 0 Å². The van der Waals surface area contributed by atoms with Crippen molar-refractivity contribution in [1.82, 2.24) is 0 Å². The summed E-state index contributed by atoms with van der Waals surface area (Å²) in [5, 5.41) is 9.77. The van der Waals surface area contributed by atoms with E-state index in [1.807, 2.05) is 21.1 Å². The summed E-state index contributed by atoms with van der Waals surface area (Å²) in [5.74, 6) is -2.05. The van der Waals surface area contributed by atoms with E-state index >= 15 is 0 Å². The van der Waals surface area contributed by atoms with Crippen molar-refractivity contribution in [3.63, 3.8) is 0 Å². The molecule has 9 nitrogen and oxygen atoms in total. The number of esters is 2. The van der Waals surface area contributed by atoms with Gasteiger partial charge < -0.3 is 28.5 Å². The van der Waals surface area contributed by atoms with Gasteiger partial charge in [0.05, 0.1) is 34.4 Å². The summed E-state index contributed by atoms with van der Waals surface area (Å²) in [6.45, 7) is 4.62. The first kappa shape index (κ1) is 93.1. The predicted molar refractivity (Wildman–Crippen MR) is 428 cm³/mol. The van der Waals surface area contributed by atoms with Crippen molar-refractivity contribution in [3.05, 3.63) is 194 Å². The molecule has 0 saturated carbocycles. The maximum Gasteiger partial charge on any atom is 0.361 e. The Balaban J connectivity index is 4.13. The monoisotopic (exact) mass is 1370 g/mol. The molecule has 2 unspecified atom stereocenters. The Bertz CT molecular complexity index is 2340. The van der Waals surface area contributed by atoms with Crippen LogP contribution in [0.1, 0.15) is 296 Å². The second kappa shape index (κ2) is 77.9. The average molecular weight is 1370 g/mol. The van der Waals surface area contributed by atoms with E-state index in [4.69, 9.17) is 18.9 Å². The number of nitrogens with zero attached hydrogens (tertiary/aromatic N) is 1. The molecule has 0 fully saturated rings. The molecule has 0 saturated heterocycles. The molecule has 0 radical (unpaired) electrons. The lowest BCUT2D eigenvalue weighted by Gasteiger charge is -2.25. The standard InChI is InChI=1S/C90H145NO8/c1-6-8-10-12-14-16-18-20-22-24-26-28-30-32-34-36-38-40-42-43-44-45-47-48-50-52-54-56-58-60-62-64-66-68-70-72-74-76-78-80-87(92)97-84-86(85-98-90(89(94)95)96-83-82-91(3,4)5)99-88(93)81-79-77-75-73-71-69-67-65-63-61-59-57-55-53-51-49-46-41-39-37-35-33-31-29-27-25-23-21-19-17-15-13-11-9-7-2/h8-11,14-17,20-23,26-29,32-35,38-41,49,51,55,57,61,63,67,69,86,90H,6-7,12-13,18-19,24-25,30-31,36-37,42-48,50,52-54,56,58-60,62,64-66,68,70-85H2,1-5H3/p+1/b10-8-,11-9-,16-14-,17-15-,22-20-,23-21-,28-26-,29-27-,34-32-,35-33-,40-38-,41-39-,51-49-,57-55-,63-61-,69-67-. The van der Waals surface area contributed by atoms with Gasteiger partial charge in [0.1, 0.15) is 13.2 Å². The third kappa shape index (κ3) is 79.3. The highest BCUT2D eigenvalue weighted by atomic mass is 16.7. The van der Waals surface area contributed by atoms with Crippen LogP contribution in [0.25, 0.3) is 0 Å². The van der Waals surface area contributed by atoms with E-state index in [0.29, 0.717) is 17.4 Å². The summed E-state index contributed by atoms with van der Waals surface area (Å²) in [6.07, 6.45) is 117. The van der Waals surface area contributed by atoms with E-state index in [2.05, 4.69) is 208 Å². The number of carbonyl (C=O) groups is 3. The van der Waals surface area contributed by atoms with Crippen LogP contribution in [0.4, 0.5) is 0 Å². The molecule has 558 valence electrons. The topological polar surface area (TPSA) is 108 Å². The van der Waals surface area contributed by atoms with Crippen LogP contribution in [0.5, 0.6) is 0 Å². The summed E-state index contributed by atoms with van der Waals surface area (Å²) < 4.78 is 23.0. The van der Waals surface area contributed by atoms with E-state index in [1.165, 1.54) is 116 Å². The van der Waals surface area contributed by atoms with Crippen molar-refractivity contribution in [2.75, 3.05) is 47.5 Å². The van der Waals surface area contributed by atoms with Crippen molar-refractivity contribution >= 4 is 17.9 Å². The highest BCUT2D eigenvalue weighted by Gasteiger charge is 2.25. The fraction of sp³-hybridized carbons (Fsp3) is 0.611. The van der Waals surface area contributed by atoms with Gasteiger partial charge >= 0.3 is 17.9 Å². The molecule has 2 atom stereocenters. The molecule has 99 heavy (non-hydrogen) atoms. The fourth-order valence-corrected chi connectivity index (χ4v) is 10.4. The molecule has 0 aliphatic carbocycles. The molecule has 0 aromatic heterocycles. The Labute approximate surface area is 608 Å². The number of unbranched alkanes of at least 4 members (excludes halogenated alkanes) is 24. The van der Waals surface area contributed by atoms with E-state index in [-0.39, 0.29) is 38.6 Å². The summed E-state index contributed by atoms with van der Waals surface area (Å²) in [6, 6.07) is 0. The third-order valence-corrected chi connectivity index (χ3v) is 16.3. The zero-order valence-corrected chi connectivity index (χ0v) is 63.8. The molecule has 0 aliphatic rings. The number of ether oxygens (including phenoxy) is 4. The van der Waals surface area contributed by atoms with Crippen molar-refractivity contribution in [2.24, 2.45) is 0 Å². The minimum atomic E-state index is -1.53. The summed E-state index contributed by atoms with van der Waals surface area (Å²) in [4.78, 5) is 37.7. The second-order valence-electron chi connectivity index (χ2n) is 26.9. The average Bonchev–Trinajstić information content (AvgIpc) is 1.16. The van der Waals surface area contributed by atoms with Crippen LogP contribution in [0, 0.1) is 0 Å². The summed E-state index contributed by atoms with van der Waals surface area (Å²) in [7, 11) is 5.96. The van der Waals surface area contributed by atoms with Crippen LogP contribution in [0.3, 0.4) is 0 Å². The van der Waals surface area contributed by atoms with E-state index in [9.17, 15) is 19.5 Å². The molecule has 0 rings (SSSR count). The number of carboxylic acid groups (broad SMARTS) is 1. The van der Waals surface area contributed by atoms with E-state index < -0.39 is 24.3 Å². The van der Waals surface area contributed by atoms with Gasteiger partial charge in [-0.05, 0) is 141 Å².